The van der Waals surface area contributed by atoms with Gasteiger partial charge in [-0.1, -0.05) is 80.6 Å². The topological polar surface area (TPSA) is 9.23 Å². The van der Waals surface area contributed by atoms with Crippen molar-refractivity contribution in [3.63, 3.8) is 0 Å². The van der Waals surface area contributed by atoms with Gasteiger partial charge >= 0.3 is 0 Å². The Morgan fingerprint density at radius 3 is 1.94 bits per heavy atom. The number of aryl methyl sites for hydroxylation is 1. The lowest BCUT2D eigenvalue weighted by Gasteiger charge is -2.06. The molecule has 0 atom stereocenters. The molecule has 0 bridgehead atoms. The van der Waals surface area contributed by atoms with Gasteiger partial charge in [0, 0.05) is 11.1 Å². The molecule has 0 spiro atoms. The van der Waals surface area contributed by atoms with Crippen LogP contribution in [-0.4, -0.2) is 6.61 Å². The van der Waals surface area contributed by atoms with Crippen LogP contribution < -0.4 is 4.74 Å². The van der Waals surface area contributed by atoms with E-state index in [1.165, 1.54) is 33.9 Å². The number of rotatable bonds is 6. The molecule has 0 amide bonds. The van der Waals surface area contributed by atoms with Gasteiger partial charge in [-0.25, -0.2) is 0 Å². The fraction of sp³-hybridized carbons (Fsp3) is 0.200. The molecule has 1 heteroatoms. The highest BCUT2D eigenvalue weighted by molar-refractivity contribution is 5.84. The minimum Gasteiger partial charge on any atom is -0.494 e. The van der Waals surface area contributed by atoms with Crippen LogP contribution in [0.5, 0.6) is 5.75 Å². The van der Waals surface area contributed by atoms with Crippen molar-refractivity contribution in [1.29, 1.82) is 0 Å². The van der Waals surface area contributed by atoms with Crippen LogP contribution in [0.4, 0.5) is 0 Å². The van der Waals surface area contributed by atoms with E-state index in [9.17, 15) is 0 Å². The predicted octanol–water partition coefficient (Wildman–Crippen LogP) is 7.65. The molecular formula is C30H28O. The standard InChI is InChI=1S/C30H28O/c1-3-5-24-10-14-29-22-25(11-15-28(29)21-24)7-6-23-8-12-26(13-9-23)27-16-18-30(19-17-27)31-20-4-2/h8-19,21-22H,3-5,20H2,1-2H3. The summed E-state index contributed by atoms with van der Waals surface area (Å²) in [5.74, 6) is 7.53. The van der Waals surface area contributed by atoms with Gasteiger partial charge in [0.15, 0.2) is 0 Å². The van der Waals surface area contributed by atoms with Crippen LogP contribution >= 0.6 is 0 Å². The van der Waals surface area contributed by atoms with E-state index in [1.54, 1.807) is 0 Å². The van der Waals surface area contributed by atoms with Gasteiger partial charge < -0.3 is 4.74 Å². The minimum absolute atomic E-state index is 0.754. The number of benzene rings is 4. The van der Waals surface area contributed by atoms with E-state index >= 15 is 0 Å². The maximum absolute atomic E-state index is 5.66. The van der Waals surface area contributed by atoms with E-state index < -0.39 is 0 Å². The van der Waals surface area contributed by atoms with Crippen molar-refractivity contribution in [1.82, 2.24) is 0 Å². The van der Waals surface area contributed by atoms with Crippen LogP contribution in [0.3, 0.4) is 0 Å². The van der Waals surface area contributed by atoms with E-state index in [0.29, 0.717) is 0 Å². The molecule has 0 N–H and O–H groups in total. The number of fused-ring (bicyclic) bond motifs is 1. The molecule has 0 unspecified atom stereocenters. The fourth-order valence-corrected chi connectivity index (χ4v) is 3.67. The lowest BCUT2D eigenvalue weighted by atomic mass is 10.0. The second kappa shape index (κ2) is 10.0. The molecule has 4 rings (SSSR count). The molecule has 0 aliphatic rings. The van der Waals surface area contributed by atoms with Crippen LogP contribution in [0.2, 0.25) is 0 Å². The van der Waals surface area contributed by atoms with Gasteiger partial charge in [0.1, 0.15) is 5.75 Å². The van der Waals surface area contributed by atoms with E-state index in [2.05, 4.69) is 98.5 Å². The van der Waals surface area contributed by atoms with Crippen LogP contribution in [0.25, 0.3) is 21.9 Å². The number of hydrogen-bond acceptors (Lipinski definition) is 1. The van der Waals surface area contributed by atoms with Gasteiger partial charge in [0.25, 0.3) is 0 Å². The average Bonchev–Trinajstić information content (AvgIpc) is 2.82. The molecule has 0 aliphatic carbocycles. The zero-order chi connectivity index (χ0) is 21.5. The summed E-state index contributed by atoms with van der Waals surface area (Å²) >= 11 is 0. The van der Waals surface area contributed by atoms with Crippen molar-refractivity contribution in [3.8, 4) is 28.7 Å². The molecule has 31 heavy (non-hydrogen) atoms. The van der Waals surface area contributed by atoms with Crippen LogP contribution in [0.15, 0.2) is 84.9 Å². The third-order valence-electron chi connectivity index (χ3n) is 5.34. The Hall–Kier alpha value is -3.50. The third-order valence-corrected chi connectivity index (χ3v) is 5.34. The quantitative estimate of drug-likeness (QED) is 0.300. The molecule has 1 nitrogen and oxygen atoms in total. The van der Waals surface area contributed by atoms with E-state index in [4.69, 9.17) is 4.74 Å². The second-order valence-electron chi connectivity index (χ2n) is 7.85. The molecular weight excluding hydrogens is 376 g/mol. The van der Waals surface area contributed by atoms with Crippen LogP contribution in [0, 0.1) is 11.8 Å². The minimum atomic E-state index is 0.754. The summed E-state index contributed by atoms with van der Waals surface area (Å²) in [6.07, 6.45) is 3.32. The van der Waals surface area contributed by atoms with E-state index in [1.807, 2.05) is 12.1 Å². The Morgan fingerprint density at radius 1 is 0.613 bits per heavy atom. The molecule has 0 heterocycles. The van der Waals surface area contributed by atoms with Crippen molar-refractivity contribution in [2.24, 2.45) is 0 Å². The first kappa shape index (κ1) is 20.8. The van der Waals surface area contributed by atoms with Gasteiger partial charge in [0.2, 0.25) is 0 Å². The lowest BCUT2D eigenvalue weighted by Crippen LogP contribution is -1.94. The maximum Gasteiger partial charge on any atom is 0.119 e. The monoisotopic (exact) mass is 404 g/mol. The Morgan fingerprint density at radius 2 is 1.23 bits per heavy atom. The smallest absolute Gasteiger partial charge is 0.119 e. The summed E-state index contributed by atoms with van der Waals surface area (Å²) in [5.41, 5.74) is 5.83. The first-order chi connectivity index (χ1) is 15.2. The molecule has 0 aromatic heterocycles. The summed E-state index contributed by atoms with van der Waals surface area (Å²) in [6.45, 7) is 5.08. The summed E-state index contributed by atoms with van der Waals surface area (Å²) in [7, 11) is 0. The molecule has 154 valence electrons. The molecule has 4 aromatic carbocycles. The highest BCUT2D eigenvalue weighted by Gasteiger charge is 2.00. The number of hydrogen-bond donors (Lipinski definition) is 0. The predicted molar refractivity (Wildman–Crippen MR) is 132 cm³/mol. The Kier molecular flexibility index (Phi) is 6.70. The van der Waals surface area contributed by atoms with Gasteiger partial charge in [0.05, 0.1) is 6.61 Å². The average molecular weight is 405 g/mol. The zero-order valence-corrected chi connectivity index (χ0v) is 18.3. The normalized spacial score (nSPS) is 10.5. The Balaban J connectivity index is 1.47. The van der Waals surface area contributed by atoms with E-state index in [0.717, 1.165) is 36.3 Å². The SMILES string of the molecule is CCCOc1ccc(-c2ccc(C#Cc3ccc4cc(CCC)ccc4c3)cc2)cc1. The van der Waals surface area contributed by atoms with Crippen molar-refractivity contribution in [2.45, 2.75) is 33.1 Å². The fourth-order valence-electron chi connectivity index (χ4n) is 3.67. The molecule has 0 saturated heterocycles. The Bertz CT molecular complexity index is 1210. The van der Waals surface area contributed by atoms with Gasteiger partial charge in [-0.3, -0.25) is 0 Å². The van der Waals surface area contributed by atoms with Gasteiger partial charge in [-0.05, 0) is 76.7 Å². The van der Waals surface area contributed by atoms with Crippen molar-refractivity contribution < 1.29 is 4.74 Å². The lowest BCUT2D eigenvalue weighted by molar-refractivity contribution is 0.317. The Labute approximate surface area is 185 Å². The molecule has 0 radical (unpaired) electrons. The summed E-state index contributed by atoms with van der Waals surface area (Å²) in [4.78, 5) is 0. The number of ether oxygens (including phenoxy) is 1. The van der Waals surface area contributed by atoms with Crippen molar-refractivity contribution in [3.05, 3.63) is 102 Å². The largest absolute Gasteiger partial charge is 0.494 e. The summed E-state index contributed by atoms with van der Waals surface area (Å²) in [5, 5.41) is 2.53. The summed E-state index contributed by atoms with van der Waals surface area (Å²) in [6, 6.07) is 29.9. The highest BCUT2D eigenvalue weighted by atomic mass is 16.5. The van der Waals surface area contributed by atoms with Crippen LogP contribution in [0.1, 0.15) is 43.4 Å². The second-order valence-corrected chi connectivity index (χ2v) is 7.85. The molecule has 0 aliphatic heterocycles. The highest BCUT2D eigenvalue weighted by Crippen LogP contribution is 2.23. The van der Waals surface area contributed by atoms with Crippen LogP contribution in [-0.2, 0) is 6.42 Å². The maximum atomic E-state index is 5.66. The zero-order valence-electron chi connectivity index (χ0n) is 18.3. The molecule has 0 saturated carbocycles. The molecule has 4 aromatic rings. The first-order valence-corrected chi connectivity index (χ1v) is 11.1. The summed E-state index contributed by atoms with van der Waals surface area (Å²) < 4.78 is 5.66. The van der Waals surface area contributed by atoms with Crippen molar-refractivity contribution >= 4 is 10.8 Å². The third kappa shape index (κ3) is 5.36. The van der Waals surface area contributed by atoms with Gasteiger partial charge in [-0.2, -0.15) is 0 Å². The van der Waals surface area contributed by atoms with Crippen molar-refractivity contribution in [2.75, 3.05) is 6.61 Å². The molecule has 0 fully saturated rings. The first-order valence-electron chi connectivity index (χ1n) is 11.1. The van der Waals surface area contributed by atoms with E-state index in [-0.39, 0.29) is 0 Å². The van der Waals surface area contributed by atoms with Gasteiger partial charge in [-0.15, -0.1) is 0 Å².